The number of hydrogen-bond acceptors (Lipinski definition) is 4. The lowest BCUT2D eigenvalue weighted by Crippen LogP contribution is -2.47. The molecule has 148 valence electrons. The Morgan fingerprint density at radius 1 is 1.37 bits per heavy atom. The third-order valence-corrected chi connectivity index (χ3v) is 5.00. The molecule has 2 N–H and O–H groups in total. The second kappa shape index (κ2) is 9.01. The number of rotatable bonds is 7. The molecule has 0 aromatic carbocycles. The molecule has 1 aliphatic heterocycles. The van der Waals surface area contributed by atoms with E-state index in [1.165, 1.54) is 0 Å². The van der Waals surface area contributed by atoms with Crippen LogP contribution in [0.3, 0.4) is 0 Å². The van der Waals surface area contributed by atoms with E-state index in [4.69, 9.17) is 0 Å². The summed E-state index contributed by atoms with van der Waals surface area (Å²) in [6.07, 6.45) is 8.11. The highest BCUT2D eigenvalue weighted by Crippen LogP contribution is 2.16. The summed E-state index contributed by atoms with van der Waals surface area (Å²) in [6.45, 7) is 9.07. The van der Waals surface area contributed by atoms with Gasteiger partial charge in [0.1, 0.15) is 11.6 Å². The molecule has 8 nitrogen and oxygen atoms in total. The van der Waals surface area contributed by atoms with Crippen molar-refractivity contribution >= 4 is 5.96 Å². The van der Waals surface area contributed by atoms with Crippen LogP contribution in [0.2, 0.25) is 0 Å². The molecular formula is C19H32N8. The summed E-state index contributed by atoms with van der Waals surface area (Å²) >= 11 is 0. The molecular weight excluding hydrogens is 340 g/mol. The molecule has 1 atom stereocenters. The van der Waals surface area contributed by atoms with Crippen molar-refractivity contribution < 1.29 is 0 Å². The minimum atomic E-state index is 0.332. The van der Waals surface area contributed by atoms with Crippen LogP contribution in [0.25, 0.3) is 0 Å². The van der Waals surface area contributed by atoms with E-state index in [-0.39, 0.29) is 0 Å². The fourth-order valence-corrected chi connectivity index (χ4v) is 3.33. The highest BCUT2D eigenvalue weighted by atomic mass is 15.4. The van der Waals surface area contributed by atoms with E-state index in [1.807, 2.05) is 26.4 Å². The van der Waals surface area contributed by atoms with Crippen LogP contribution >= 0.6 is 0 Å². The number of guanidine groups is 1. The van der Waals surface area contributed by atoms with Crippen molar-refractivity contribution in [3.05, 3.63) is 29.9 Å². The van der Waals surface area contributed by atoms with Crippen LogP contribution in [-0.2, 0) is 19.5 Å². The molecule has 2 aromatic heterocycles. The number of aromatic nitrogens is 5. The van der Waals surface area contributed by atoms with E-state index in [0.29, 0.717) is 12.0 Å². The Bertz CT molecular complexity index is 758. The van der Waals surface area contributed by atoms with Gasteiger partial charge in [-0.05, 0) is 26.2 Å². The Morgan fingerprint density at radius 3 is 2.93 bits per heavy atom. The first-order chi connectivity index (χ1) is 13.1. The number of nitrogens with one attached hydrogen (secondary N) is 2. The van der Waals surface area contributed by atoms with E-state index in [9.17, 15) is 0 Å². The summed E-state index contributed by atoms with van der Waals surface area (Å²) < 4.78 is 4.24. The third kappa shape index (κ3) is 5.08. The topological polar surface area (TPSA) is 84.9 Å². The molecule has 0 radical (unpaired) electrons. The maximum Gasteiger partial charge on any atom is 0.191 e. The number of unbranched alkanes of at least 4 members (excludes halogenated alkanes) is 1. The van der Waals surface area contributed by atoms with E-state index >= 15 is 0 Å². The summed E-state index contributed by atoms with van der Waals surface area (Å²) in [7, 11) is 1.82. The van der Waals surface area contributed by atoms with Crippen LogP contribution in [0.1, 0.15) is 56.5 Å². The van der Waals surface area contributed by atoms with Gasteiger partial charge in [-0.25, -0.2) is 14.6 Å². The first kappa shape index (κ1) is 19.4. The minimum Gasteiger partial charge on any atom is -0.356 e. The Kier molecular flexibility index (Phi) is 6.47. The zero-order chi connectivity index (χ0) is 19.2. The molecule has 1 aliphatic rings. The van der Waals surface area contributed by atoms with Crippen LogP contribution in [-0.4, -0.2) is 49.9 Å². The Hall–Kier alpha value is -2.38. The van der Waals surface area contributed by atoms with Crippen molar-refractivity contribution in [3.8, 4) is 0 Å². The summed E-state index contributed by atoms with van der Waals surface area (Å²) in [5.74, 6) is 4.36. The molecule has 0 amide bonds. The Balaban J connectivity index is 1.40. The largest absolute Gasteiger partial charge is 0.356 e. The Labute approximate surface area is 161 Å². The van der Waals surface area contributed by atoms with Crippen molar-refractivity contribution in [1.29, 1.82) is 0 Å². The molecule has 1 unspecified atom stereocenters. The van der Waals surface area contributed by atoms with Gasteiger partial charge < -0.3 is 15.2 Å². The molecule has 0 aliphatic carbocycles. The monoisotopic (exact) mass is 372 g/mol. The summed E-state index contributed by atoms with van der Waals surface area (Å²) in [4.78, 5) is 13.3. The van der Waals surface area contributed by atoms with Gasteiger partial charge in [-0.2, -0.15) is 5.10 Å². The van der Waals surface area contributed by atoms with Gasteiger partial charge in [0.2, 0.25) is 0 Å². The van der Waals surface area contributed by atoms with Crippen molar-refractivity contribution in [2.75, 3.05) is 13.6 Å². The molecule has 27 heavy (non-hydrogen) atoms. The zero-order valence-electron chi connectivity index (χ0n) is 16.9. The maximum atomic E-state index is 4.65. The van der Waals surface area contributed by atoms with Crippen LogP contribution in [0.5, 0.6) is 0 Å². The fourth-order valence-electron chi connectivity index (χ4n) is 3.33. The number of hydrogen-bond donors (Lipinski definition) is 2. The van der Waals surface area contributed by atoms with Gasteiger partial charge in [0.25, 0.3) is 0 Å². The van der Waals surface area contributed by atoms with Gasteiger partial charge in [0, 0.05) is 50.9 Å². The van der Waals surface area contributed by atoms with Crippen LogP contribution in [0.15, 0.2) is 17.4 Å². The zero-order valence-corrected chi connectivity index (χ0v) is 16.9. The lowest BCUT2D eigenvalue weighted by Gasteiger charge is -2.25. The number of nitrogens with zero attached hydrogens (tertiary/aromatic N) is 6. The SMILES string of the molecule is CN=C(NCCCCn1ccnc1C)NC1CCc2nc(C(C)C)nn2C1. The molecule has 0 spiro atoms. The smallest absolute Gasteiger partial charge is 0.191 e. The van der Waals surface area contributed by atoms with E-state index in [1.54, 1.807) is 0 Å². The third-order valence-electron chi connectivity index (χ3n) is 5.00. The average molecular weight is 373 g/mol. The number of aryl methyl sites for hydroxylation is 3. The van der Waals surface area contributed by atoms with Gasteiger partial charge in [-0.15, -0.1) is 0 Å². The number of fused-ring (bicyclic) bond motifs is 1. The molecule has 0 saturated carbocycles. The van der Waals surface area contributed by atoms with Crippen LogP contribution in [0.4, 0.5) is 0 Å². The minimum absolute atomic E-state index is 0.332. The fraction of sp³-hybridized carbons (Fsp3) is 0.684. The second-order valence-electron chi connectivity index (χ2n) is 7.48. The van der Waals surface area contributed by atoms with Gasteiger partial charge >= 0.3 is 0 Å². The Morgan fingerprint density at radius 2 is 2.22 bits per heavy atom. The molecule has 8 heteroatoms. The molecule has 2 aromatic rings. The van der Waals surface area contributed by atoms with Crippen molar-refractivity contribution in [3.63, 3.8) is 0 Å². The number of aliphatic imine (C=N–C) groups is 1. The molecule has 3 heterocycles. The average Bonchev–Trinajstić information content (AvgIpc) is 3.26. The van der Waals surface area contributed by atoms with Gasteiger partial charge in [0.15, 0.2) is 11.8 Å². The molecule has 0 fully saturated rings. The standard InChI is InChI=1S/C19H32N8/c1-14(2)18-24-17-8-7-16(13-27(17)25-18)23-19(20-4)22-9-5-6-11-26-12-10-21-15(26)3/h10,12,14,16H,5-9,11,13H2,1-4H3,(H2,20,22,23). The van der Waals surface area contributed by atoms with E-state index in [0.717, 1.165) is 68.8 Å². The predicted octanol–water partition coefficient (Wildman–Crippen LogP) is 1.87. The summed E-state index contributed by atoms with van der Waals surface area (Å²) in [5, 5.41) is 11.6. The summed E-state index contributed by atoms with van der Waals surface area (Å²) in [5.41, 5.74) is 0. The van der Waals surface area contributed by atoms with Crippen molar-refractivity contribution in [2.45, 2.75) is 71.5 Å². The quantitative estimate of drug-likeness (QED) is 0.440. The first-order valence-corrected chi connectivity index (χ1v) is 9.95. The predicted molar refractivity (Wildman–Crippen MR) is 107 cm³/mol. The molecule has 3 rings (SSSR count). The second-order valence-corrected chi connectivity index (χ2v) is 7.48. The van der Waals surface area contributed by atoms with Crippen LogP contribution in [0, 0.1) is 6.92 Å². The lowest BCUT2D eigenvalue weighted by molar-refractivity contribution is 0.391. The van der Waals surface area contributed by atoms with Gasteiger partial charge in [-0.1, -0.05) is 13.8 Å². The van der Waals surface area contributed by atoms with Crippen molar-refractivity contribution in [1.82, 2.24) is 34.9 Å². The summed E-state index contributed by atoms with van der Waals surface area (Å²) in [6, 6.07) is 0.332. The molecule has 0 saturated heterocycles. The highest BCUT2D eigenvalue weighted by Gasteiger charge is 2.23. The van der Waals surface area contributed by atoms with Crippen molar-refractivity contribution in [2.24, 2.45) is 4.99 Å². The first-order valence-electron chi connectivity index (χ1n) is 9.95. The highest BCUT2D eigenvalue weighted by molar-refractivity contribution is 5.79. The van der Waals surface area contributed by atoms with Crippen LogP contribution < -0.4 is 10.6 Å². The number of imidazole rings is 1. The van der Waals surface area contributed by atoms with E-state index in [2.05, 4.69) is 53.8 Å². The molecule has 0 bridgehead atoms. The van der Waals surface area contributed by atoms with Gasteiger partial charge in [-0.3, -0.25) is 4.99 Å². The lowest BCUT2D eigenvalue weighted by atomic mass is 10.1. The van der Waals surface area contributed by atoms with Gasteiger partial charge in [0.05, 0.1) is 6.54 Å². The normalized spacial score (nSPS) is 17.2. The van der Waals surface area contributed by atoms with E-state index < -0.39 is 0 Å². The maximum absolute atomic E-state index is 4.65.